The van der Waals surface area contributed by atoms with Gasteiger partial charge in [-0.25, -0.2) is 14.8 Å². The number of primary amides is 1. The van der Waals surface area contributed by atoms with Gasteiger partial charge < -0.3 is 20.7 Å². The van der Waals surface area contributed by atoms with Crippen molar-refractivity contribution in [1.82, 2.24) is 14.9 Å². The van der Waals surface area contributed by atoms with Crippen LogP contribution in [0.3, 0.4) is 0 Å². The smallest absolute Gasteiger partial charge is 0.410 e. The Morgan fingerprint density at radius 2 is 2.00 bits per heavy atom. The zero-order chi connectivity index (χ0) is 19.3. The Balaban J connectivity index is 1.89. The number of aryl methyl sites for hydroxylation is 1. The molecule has 1 aromatic rings. The summed E-state index contributed by atoms with van der Waals surface area (Å²) in [6, 6.07) is 0. The zero-order valence-electron chi connectivity index (χ0n) is 16.0. The Kier molecular flexibility index (Phi) is 6.39. The van der Waals surface area contributed by atoms with Crippen molar-refractivity contribution in [3.05, 3.63) is 17.6 Å². The Morgan fingerprint density at radius 1 is 1.35 bits per heavy atom. The molecule has 26 heavy (non-hydrogen) atoms. The summed E-state index contributed by atoms with van der Waals surface area (Å²) in [6.07, 6.45) is 3.63. The fourth-order valence-electron chi connectivity index (χ4n) is 2.79. The van der Waals surface area contributed by atoms with Gasteiger partial charge in [-0.1, -0.05) is 6.92 Å². The standard InChI is InChI=1S/C18H29N5O3/c1-5-14-20-11-13(15(19)24)16(22-14)21-10-12-6-8-23(9-7-12)17(25)26-18(2,3)4/h11-12H,5-10H2,1-4H3,(H2,19,24)(H,20,21,22). The number of rotatable bonds is 5. The van der Waals surface area contributed by atoms with Gasteiger partial charge in [0.2, 0.25) is 0 Å². The average Bonchev–Trinajstić information content (AvgIpc) is 2.58. The third-order valence-corrected chi connectivity index (χ3v) is 4.24. The topological polar surface area (TPSA) is 110 Å². The maximum Gasteiger partial charge on any atom is 0.410 e. The number of aromatic nitrogens is 2. The van der Waals surface area contributed by atoms with Crippen LogP contribution in [0.25, 0.3) is 0 Å². The molecule has 1 fully saturated rings. The molecule has 0 spiro atoms. The van der Waals surface area contributed by atoms with Gasteiger partial charge in [-0.05, 0) is 39.5 Å². The second-order valence-corrected chi connectivity index (χ2v) is 7.56. The van der Waals surface area contributed by atoms with Crippen LogP contribution < -0.4 is 11.1 Å². The number of hydrogen-bond donors (Lipinski definition) is 2. The van der Waals surface area contributed by atoms with Gasteiger partial charge >= 0.3 is 6.09 Å². The number of hydrogen-bond acceptors (Lipinski definition) is 6. The van der Waals surface area contributed by atoms with Crippen molar-refractivity contribution in [2.75, 3.05) is 25.0 Å². The number of likely N-dealkylation sites (tertiary alicyclic amines) is 1. The van der Waals surface area contributed by atoms with Crippen LogP contribution in [0.4, 0.5) is 10.6 Å². The second-order valence-electron chi connectivity index (χ2n) is 7.56. The molecule has 0 aromatic carbocycles. The number of carbonyl (C=O) groups is 2. The minimum absolute atomic E-state index is 0.261. The van der Waals surface area contributed by atoms with Crippen LogP contribution in [0.1, 0.15) is 56.7 Å². The van der Waals surface area contributed by atoms with Crippen LogP contribution in [0.5, 0.6) is 0 Å². The third kappa shape index (κ3) is 5.57. The van der Waals surface area contributed by atoms with Gasteiger partial charge in [-0.15, -0.1) is 0 Å². The van der Waals surface area contributed by atoms with E-state index in [2.05, 4.69) is 15.3 Å². The van der Waals surface area contributed by atoms with Gasteiger partial charge in [0, 0.05) is 32.3 Å². The van der Waals surface area contributed by atoms with E-state index in [0.717, 1.165) is 12.8 Å². The van der Waals surface area contributed by atoms with Crippen molar-refractivity contribution in [2.45, 2.75) is 52.6 Å². The van der Waals surface area contributed by atoms with Gasteiger partial charge in [0.15, 0.2) is 0 Å². The lowest BCUT2D eigenvalue weighted by Gasteiger charge is -2.33. The molecule has 8 nitrogen and oxygen atoms in total. The lowest BCUT2D eigenvalue weighted by molar-refractivity contribution is 0.0188. The summed E-state index contributed by atoms with van der Waals surface area (Å²) in [4.78, 5) is 33.9. The minimum Gasteiger partial charge on any atom is -0.444 e. The molecule has 2 rings (SSSR count). The molecule has 0 radical (unpaired) electrons. The molecule has 144 valence electrons. The molecule has 0 aliphatic carbocycles. The van der Waals surface area contributed by atoms with E-state index < -0.39 is 11.5 Å². The van der Waals surface area contributed by atoms with E-state index in [0.29, 0.717) is 49.2 Å². The molecule has 0 saturated carbocycles. The average molecular weight is 363 g/mol. The largest absolute Gasteiger partial charge is 0.444 e. The second kappa shape index (κ2) is 8.33. The molecular weight excluding hydrogens is 334 g/mol. The van der Waals surface area contributed by atoms with Gasteiger partial charge in [-0.3, -0.25) is 4.79 Å². The predicted octanol–water partition coefficient (Wildman–Crippen LogP) is 2.20. The summed E-state index contributed by atoms with van der Waals surface area (Å²) in [5, 5.41) is 3.23. The van der Waals surface area contributed by atoms with Crippen LogP contribution in [-0.4, -0.2) is 52.1 Å². The van der Waals surface area contributed by atoms with E-state index in [1.165, 1.54) is 6.20 Å². The summed E-state index contributed by atoms with van der Waals surface area (Å²) in [5.74, 6) is 0.987. The maximum atomic E-state index is 12.1. The Hall–Kier alpha value is -2.38. The SMILES string of the molecule is CCc1ncc(C(N)=O)c(NCC2CCN(C(=O)OC(C)(C)C)CC2)n1. The minimum atomic E-state index is -0.546. The summed E-state index contributed by atoms with van der Waals surface area (Å²) in [7, 11) is 0. The highest BCUT2D eigenvalue weighted by Crippen LogP contribution is 2.21. The van der Waals surface area contributed by atoms with Crippen molar-refractivity contribution >= 4 is 17.8 Å². The number of ether oxygens (including phenoxy) is 1. The molecule has 1 aromatic heterocycles. The number of piperidine rings is 1. The van der Waals surface area contributed by atoms with E-state index >= 15 is 0 Å². The first-order chi connectivity index (χ1) is 12.2. The molecule has 2 amide bonds. The lowest BCUT2D eigenvalue weighted by Crippen LogP contribution is -2.42. The van der Waals surface area contributed by atoms with Gasteiger partial charge in [0.1, 0.15) is 17.2 Å². The fourth-order valence-corrected chi connectivity index (χ4v) is 2.79. The Labute approximate surface area is 154 Å². The first-order valence-electron chi connectivity index (χ1n) is 9.07. The molecule has 8 heteroatoms. The van der Waals surface area contributed by atoms with Crippen LogP contribution >= 0.6 is 0 Å². The molecular formula is C18H29N5O3. The van der Waals surface area contributed by atoms with Gasteiger partial charge in [-0.2, -0.15) is 0 Å². The number of carbonyl (C=O) groups excluding carboxylic acids is 2. The summed E-state index contributed by atoms with van der Waals surface area (Å²) in [6.45, 7) is 9.54. The fraction of sp³-hybridized carbons (Fsp3) is 0.667. The third-order valence-electron chi connectivity index (χ3n) is 4.24. The molecule has 3 N–H and O–H groups in total. The van der Waals surface area contributed by atoms with E-state index in [4.69, 9.17) is 10.5 Å². The van der Waals surface area contributed by atoms with Crippen LogP contribution in [0.2, 0.25) is 0 Å². The van der Waals surface area contributed by atoms with Crippen molar-refractivity contribution in [3.8, 4) is 0 Å². The molecule has 2 heterocycles. The number of nitrogens with two attached hydrogens (primary N) is 1. The van der Waals surface area contributed by atoms with Crippen LogP contribution in [-0.2, 0) is 11.2 Å². The first-order valence-corrected chi connectivity index (χ1v) is 9.07. The Morgan fingerprint density at radius 3 is 2.54 bits per heavy atom. The molecule has 1 aliphatic rings. The molecule has 0 atom stereocenters. The highest BCUT2D eigenvalue weighted by Gasteiger charge is 2.27. The summed E-state index contributed by atoms with van der Waals surface area (Å²) in [5.41, 5.74) is 5.22. The van der Waals surface area contributed by atoms with E-state index in [1.807, 2.05) is 27.7 Å². The van der Waals surface area contributed by atoms with E-state index in [9.17, 15) is 9.59 Å². The number of nitrogens with one attached hydrogen (secondary N) is 1. The van der Waals surface area contributed by atoms with Gasteiger partial charge in [0.05, 0.1) is 5.56 Å². The molecule has 1 aliphatic heterocycles. The van der Waals surface area contributed by atoms with Crippen molar-refractivity contribution in [2.24, 2.45) is 11.7 Å². The quantitative estimate of drug-likeness (QED) is 0.830. The predicted molar refractivity (Wildman–Crippen MR) is 98.9 cm³/mol. The summed E-state index contributed by atoms with van der Waals surface area (Å²) < 4.78 is 5.41. The number of anilines is 1. The number of nitrogens with zero attached hydrogens (tertiary/aromatic N) is 3. The maximum absolute atomic E-state index is 12.1. The monoisotopic (exact) mass is 363 g/mol. The zero-order valence-corrected chi connectivity index (χ0v) is 16.0. The number of amides is 2. The van der Waals surface area contributed by atoms with Crippen molar-refractivity contribution < 1.29 is 14.3 Å². The lowest BCUT2D eigenvalue weighted by atomic mass is 9.97. The van der Waals surface area contributed by atoms with Crippen LogP contribution in [0, 0.1) is 5.92 Å². The highest BCUT2D eigenvalue weighted by molar-refractivity contribution is 5.97. The first kappa shape index (κ1) is 19.9. The Bertz CT molecular complexity index is 649. The normalized spacial score (nSPS) is 15.6. The van der Waals surface area contributed by atoms with Crippen molar-refractivity contribution in [1.29, 1.82) is 0 Å². The molecule has 0 unspecified atom stereocenters. The summed E-state index contributed by atoms with van der Waals surface area (Å²) >= 11 is 0. The van der Waals surface area contributed by atoms with E-state index in [1.54, 1.807) is 4.90 Å². The van der Waals surface area contributed by atoms with Gasteiger partial charge in [0.25, 0.3) is 5.91 Å². The van der Waals surface area contributed by atoms with E-state index in [-0.39, 0.29) is 6.09 Å². The highest BCUT2D eigenvalue weighted by atomic mass is 16.6. The van der Waals surface area contributed by atoms with Crippen LogP contribution in [0.15, 0.2) is 6.20 Å². The molecule has 0 bridgehead atoms. The molecule has 1 saturated heterocycles. The van der Waals surface area contributed by atoms with Crippen molar-refractivity contribution in [3.63, 3.8) is 0 Å².